The van der Waals surface area contributed by atoms with Crippen LogP contribution < -0.4 is 0 Å². The first-order valence-corrected chi connectivity index (χ1v) is 5.20. The average molecular weight is 242 g/mol. The van der Waals surface area contributed by atoms with Crippen molar-refractivity contribution in [3.8, 4) is 0 Å². The van der Waals surface area contributed by atoms with E-state index in [2.05, 4.69) is 4.74 Å². The van der Waals surface area contributed by atoms with E-state index in [1.54, 1.807) is 6.08 Å². The van der Waals surface area contributed by atoms with Crippen LogP contribution in [0.15, 0.2) is 23.5 Å². The van der Waals surface area contributed by atoms with Gasteiger partial charge in [-0.25, -0.2) is 4.79 Å². The van der Waals surface area contributed by atoms with Crippen LogP contribution in [0.1, 0.15) is 6.42 Å². The smallest absolute Gasteiger partial charge is 0.337 e. The molecule has 0 spiro atoms. The molecule has 0 amide bonds. The SMILES string of the molecule is COC(=O)C1=CO[C@@H](O)[C@]2(O)C(CO)=CC[C@H]12. The van der Waals surface area contributed by atoms with Gasteiger partial charge in [-0.3, -0.25) is 0 Å². The molecule has 0 fully saturated rings. The molecule has 0 saturated carbocycles. The number of methoxy groups -OCH3 is 1. The first kappa shape index (κ1) is 12.1. The topological polar surface area (TPSA) is 96.2 Å². The first-order chi connectivity index (χ1) is 8.05. The normalized spacial score (nSPS) is 35.5. The Balaban J connectivity index is 2.38. The van der Waals surface area contributed by atoms with E-state index in [0.717, 1.165) is 6.26 Å². The number of allylic oxidation sites excluding steroid dienone is 1. The highest BCUT2D eigenvalue weighted by atomic mass is 16.6. The molecule has 0 aromatic heterocycles. The van der Waals surface area contributed by atoms with Crippen LogP contribution in [0.25, 0.3) is 0 Å². The number of rotatable bonds is 2. The van der Waals surface area contributed by atoms with Gasteiger partial charge in [0.2, 0.25) is 6.29 Å². The lowest BCUT2D eigenvalue weighted by Gasteiger charge is -2.39. The van der Waals surface area contributed by atoms with E-state index < -0.39 is 30.4 Å². The summed E-state index contributed by atoms with van der Waals surface area (Å²) in [5.41, 5.74) is -1.35. The number of carbonyl (C=O) groups excluding carboxylic acids is 1. The molecule has 0 aromatic carbocycles. The van der Waals surface area contributed by atoms with Crippen LogP contribution in [-0.4, -0.2) is 46.9 Å². The molecule has 1 heterocycles. The van der Waals surface area contributed by atoms with Gasteiger partial charge in [-0.2, -0.15) is 0 Å². The molecule has 0 aromatic rings. The lowest BCUT2D eigenvalue weighted by atomic mass is 9.79. The lowest BCUT2D eigenvalue weighted by molar-refractivity contribution is -0.198. The van der Waals surface area contributed by atoms with Crippen molar-refractivity contribution in [2.24, 2.45) is 5.92 Å². The molecule has 17 heavy (non-hydrogen) atoms. The second kappa shape index (κ2) is 4.14. The molecule has 3 N–H and O–H groups in total. The second-order valence-electron chi connectivity index (χ2n) is 4.05. The maximum atomic E-state index is 11.5. The molecule has 3 atom stereocenters. The zero-order valence-electron chi connectivity index (χ0n) is 9.29. The molecule has 6 heteroatoms. The van der Waals surface area contributed by atoms with E-state index in [0.29, 0.717) is 6.42 Å². The van der Waals surface area contributed by atoms with Crippen molar-refractivity contribution in [2.75, 3.05) is 13.7 Å². The Morgan fingerprint density at radius 2 is 2.41 bits per heavy atom. The van der Waals surface area contributed by atoms with Gasteiger partial charge in [-0.05, 0) is 12.0 Å². The summed E-state index contributed by atoms with van der Waals surface area (Å²) in [6.45, 7) is -0.401. The Bertz CT molecular complexity index is 399. The van der Waals surface area contributed by atoms with Crippen molar-refractivity contribution >= 4 is 5.97 Å². The lowest BCUT2D eigenvalue weighted by Crippen LogP contribution is -2.53. The number of carbonyl (C=O) groups is 1. The van der Waals surface area contributed by atoms with Gasteiger partial charge in [0.05, 0.1) is 25.6 Å². The van der Waals surface area contributed by atoms with Crippen molar-refractivity contribution in [3.63, 3.8) is 0 Å². The van der Waals surface area contributed by atoms with E-state index in [4.69, 9.17) is 9.84 Å². The monoisotopic (exact) mass is 242 g/mol. The number of esters is 1. The maximum Gasteiger partial charge on any atom is 0.337 e. The van der Waals surface area contributed by atoms with E-state index in [1.165, 1.54) is 7.11 Å². The summed E-state index contributed by atoms with van der Waals surface area (Å²) in [7, 11) is 1.22. The molecule has 2 rings (SSSR count). The summed E-state index contributed by atoms with van der Waals surface area (Å²) in [5.74, 6) is -1.27. The van der Waals surface area contributed by atoms with Gasteiger partial charge in [0, 0.05) is 5.92 Å². The van der Waals surface area contributed by atoms with Gasteiger partial charge in [-0.1, -0.05) is 6.08 Å². The highest BCUT2D eigenvalue weighted by molar-refractivity contribution is 5.89. The fourth-order valence-electron chi connectivity index (χ4n) is 2.34. The quantitative estimate of drug-likeness (QED) is 0.427. The summed E-state index contributed by atoms with van der Waals surface area (Å²) in [4.78, 5) is 11.5. The van der Waals surface area contributed by atoms with Crippen LogP contribution in [-0.2, 0) is 14.3 Å². The van der Waals surface area contributed by atoms with Crippen LogP contribution in [0.3, 0.4) is 0 Å². The maximum absolute atomic E-state index is 11.5. The molecule has 6 nitrogen and oxygen atoms in total. The highest BCUT2D eigenvalue weighted by Crippen LogP contribution is 2.45. The van der Waals surface area contributed by atoms with Crippen LogP contribution >= 0.6 is 0 Å². The fourth-order valence-corrected chi connectivity index (χ4v) is 2.34. The number of ether oxygens (including phenoxy) is 2. The minimum Gasteiger partial charge on any atom is -0.469 e. The van der Waals surface area contributed by atoms with Crippen LogP contribution in [0.4, 0.5) is 0 Å². The second-order valence-corrected chi connectivity index (χ2v) is 4.05. The molecule has 0 saturated heterocycles. The zero-order valence-corrected chi connectivity index (χ0v) is 9.29. The molecule has 1 aliphatic heterocycles. The van der Waals surface area contributed by atoms with Gasteiger partial charge in [0.15, 0.2) is 5.60 Å². The molecular formula is C11H14O6. The Hall–Kier alpha value is -1.37. The average Bonchev–Trinajstić information content (AvgIpc) is 2.68. The minimum absolute atomic E-state index is 0.153. The summed E-state index contributed by atoms with van der Waals surface area (Å²) in [5, 5.41) is 29.2. The third kappa shape index (κ3) is 1.56. The standard InChI is InChI=1S/C11H14O6/c1-16-9(13)7-5-17-10(14)11(15)6(4-12)2-3-8(7)11/h2,5,8,10,12,14-15H,3-4H2,1H3/t8-,10-,11+/m1/s1. The van der Waals surface area contributed by atoms with E-state index >= 15 is 0 Å². The molecular weight excluding hydrogens is 228 g/mol. The van der Waals surface area contributed by atoms with E-state index in [1.807, 2.05) is 0 Å². The molecule has 94 valence electrons. The summed E-state index contributed by atoms with van der Waals surface area (Å²) in [6, 6.07) is 0. The van der Waals surface area contributed by atoms with Crippen molar-refractivity contribution in [1.82, 2.24) is 0 Å². The Labute approximate surface area is 97.8 Å². The van der Waals surface area contributed by atoms with Crippen molar-refractivity contribution in [3.05, 3.63) is 23.5 Å². The largest absolute Gasteiger partial charge is 0.469 e. The number of hydrogen-bond donors (Lipinski definition) is 3. The summed E-state index contributed by atoms with van der Waals surface area (Å²) in [6.07, 6.45) is 1.54. The molecule has 0 radical (unpaired) electrons. The van der Waals surface area contributed by atoms with Crippen molar-refractivity contribution in [2.45, 2.75) is 18.3 Å². The molecule has 1 aliphatic carbocycles. The number of hydrogen-bond acceptors (Lipinski definition) is 6. The van der Waals surface area contributed by atoms with Crippen molar-refractivity contribution < 1.29 is 29.6 Å². The van der Waals surface area contributed by atoms with Gasteiger partial charge >= 0.3 is 5.97 Å². The molecule has 0 bridgehead atoms. The minimum atomic E-state index is -1.76. The number of aliphatic hydroxyl groups is 3. The van der Waals surface area contributed by atoms with Crippen LogP contribution in [0, 0.1) is 5.92 Å². The van der Waals surface area contributed by atoms with E-state index in [9.17, 15) is 15.0 Å². The van der Waals surface area contributed by atoms with Gasteiger partial charge < -0.3 is 24.8 Å². The Morgan fingerprint density at radius 3 is 3.00 bits per heavy atom. The van der Waals surface area contributed by atoms with E-state index in [-0.39, 0.29) is 11.1 Å². The predicted octanol–water partition coefficient (Wildman–Crippen LogP) is -0.938. The van der Waals surface area contributed by atoms with Gasteiger partial charge in [0.1, 0.15) is 0 Å². The number of aliphatic hydroxyl groups excluding tert-OH is 2. The van der Waals surface area contributed by atoms with Gasteiger partial charge in [-0.15, -0.1) is 0 Å². The summed E-state index contributed by atoms with van der Waals surface area (Å²) >= 11 is 0. The third-order valence-corrected chi connectivity index (χ3v) is 3.31. The van der Waals surface area contributed by atoms with Crippen molar-refractivity contribution in [1.29, 1.82) is 0 Å². The molecule has 0 unspecified atom stereocenters. The van der Waals surface area contributed by atoms with Gasteiger partial charge in [0.25, 0.3) is 0 Å². The zero-order chi connectivity index (χ0) is 12.6. The molecule has 2 aliphatic rings. The Kier molecular flexibility index (Phi) is 2.94. The Morgan fingerprint density at radius 1 is 1.71 bits per heavy atom. The third-order valence-electron chi connectivity index (χ3n) is 3.31. The van der Waals surface area contributed by atoms with Crippen LogP contribution in [0.5, 0.6) is 0 Å². The van der Waals surface area contributed by atoms with Crippen LogP contribution in [0.2, 0.25) is 0 Å². The summed E-state index contributed by atoms with van der Waals surface area (Å²) < 4.78 is 9.43. The first-order valence-electron chi connectivity index (χ1n) is 5.20. The predicted molar refractivity (Wildman–Crippen MR) is 55.4 cm³/mol. The number of fused-ring (bicyclic) bond motifs is 1. The fraction of sp³-hybridized carbons (Fsp3) is 0.545. The highest BCUT2D eigenvalue weighted by Gasteiger charge is 2.55.